The monoisotopic (exact) mass is 392 g/mol. The molecule has 8 heteroatoms. The number of nitrogens with one attached hydrogen (secondary N) is 1. The first-order chi connectivity index (χ1) is 13.7. The lowest BCUT2D eigenvalue weighted by molar-refractivity contribution is -0.122. The van der Waals surface area contributed by atoms with Crippen molar-refractivity contribution in [2.45, 2.75) is 37.8 Å². The number of amides is 1. The van der Waals surface area contributed by atoms with Crippen LogP contribution in [0.1, 0.15) is 36.2 Å². The summed E-state index contributed by atoms with van der Waals surface area (Å²) in [6.07, 6.45) is 6.74. The normalized spacial score (nSPS) is 26.1. The Morgan fingerprint density at radius 3 is 2.64 bits per heavy atom. The molecule has 3 saturated heterocycles. The molecule has 28 heavy (non-hydrogen) atoms. The molecule has 156 valence electrons. The second kappa shape index (κ2) is 10.6. The Hall–Kier alpha value is -1.90. The van der Waals surface area contributed by atoms with E-state index in [1.54, 1.807) is 0 Å². The summed E-state index contributed by atoms with van der Waals surface area (Å²) in [5.41, 5.74) is 0.691. The zero-order chi connectivity index (χ0) is 19.8. The summed E-state index contributed by atoms with van der Waals surface area (Å²) < 4.78 is 6.08. The van der Waals surface area contributed by atoms with Gasteiger partial charge in [-0.3, -0.25) is 14.5 Å². The van der Waals surface area contributed by atoms with Gasteiger partial charge in [0.15, 0.2) is 0 Å². The molecule has 0 spiro atoms. The predicted molar refractivity (Wildman–Crippen MR) is 105 cm³/mol. The van der Waals surface area contributed by atoms with Gasteiger partial charge in [0, 0.05) is 45.0 Å². The summed E-state index contributed by atoms with van der Waals surface area (Å²) in [4.78, 5) is 31.2. The lowest BCUT2D eigenvalue weighted by Gasteiger charge is -2.41. The van der Waals surface area contributed by atoms with E-state index in [0.29, 0.717) is 11.7 Å². The third-order valence-electron chi connectivity index (χ3n) is 6.00. The Morgan fingerprint density at radius 2 is 1.93 bits per heavy atom. The third kappa shape index (κ3) is 5.33. The molecule has 1 aromatic heterocycles. The number of aromatic amines is 1. The number of likely N-dealkylation sites (tertiary alicyclic amines) is 2. The minimum Gasteiger partial charge on any atom is -0.483 e. The third-order valence-corrected chi connectivity index (χ3v) is 6.00. The predicted octanol–water partition coefficient (Wildman–Crippen LogP) is 1.12. The molecule has 3 aliphatic rings. The van der Waals surface area contributed by atoms with Gasteiger partial charge < -0.3 is 24.6 Å². The zero-order valence-corrected chi connectivity index (χ0v) is 16.5. The van der Waals surface area contributed by atoms with Crippen molar-refractivity contribution in [3.63, 3.8) is 0 Å². The van der Waals surface area contributed by atoms with Crippen LogP contribution in [0.5, 0.6) is 0 Å². The minimum atomic E-state index is -0.250. The van der Waals surface area contributed by atoms with Crippen molar-refractivity contribution in [3.05, 3.63) is 24.0 Å². The van der Waals surface area contributed by atoms with E-state index >= 15 is 0 Å². The number of carbonyl (C=O) groups is 2. The Bertz CT molecular complexity index is 603. The van der Waals surface area contributed by atoms with Gasteiger partial charge in [-0.25, -0.2) is 0 Å². The summed E-state index contributed by atoms with van der Waals surface area (Å²) >= 11 is 0. The van der Waals surface area contributed by atoms with E-state index in [2.05, 4.69) is 14.8 Å². The lowest BCUT2D eigenvalue weighted by atomic mass is 10.0. The van der Waals surface area contributed by atoms with Crippen LogP contribution in [0.25, 0.3) is 0 Å². The number of carbonyl (C=O) groups excluding carboxylic acids is 1. The number of nitrogens with zero attached hydrogens (tertiary/aromatic N) is 3. The Morgan fingerprint density at radius 1 is 1.18 bits per heavy atom. The Balaban J connectivity index is 0.000000706. The number of morpholine rings is 1. The van der Waals surface area contributed by atoms with Crippen LogP contribution < -0.4 is 0 Å². The average molecular weight is 393 g/mol. The van der Waals surface area contributed by atoms with E-state index in [9.17, 15) is 4.79 Å². The van der Waals surface area contributed by atoms with Crippen LogP contribution in [0.4, 0.5) is 0 Å². The summed E-state index contributed by atoms with van der Waals surface area (Å²) in [5, 5.41) is 6.89. The number of carboxylic acid groups (broad SMARTS) is 1. The van der Waals surface area contributed by atoms with Crippen molar-refractivity contribution in [2.75, 3.05) is 52.4 Å². The highest BCUT2D eigenvalue weighted by Gasteiger charge is 2.35. The van der Waals surface area contributed by atoms with Gasteiger partial charge in [-0.05, 0) is 50.9 Å². The van der Waals surface area contributed by atoms with Crippen molar-refractivity contribution in [1.82, 2.24) is 19.7 Å². The highest BCUT2D eigenvalue weighted by Crippen LogP contribution is 2.24. The molecule has 8 nitrogen and oxygen atoms in total. The molecule has 2 atom stereocenters. The molecule has 0 unspecified atom stereocenters. The van der Waals surface area contributed by atoms with Gasteiger partial charge in [0.05, 0.1) is 12.7 Å². The van der Waals surface area contributed by atoms with Crippen molar-refractivity contribution < 1.29 is 19.4 Å². The second-order valence-corrected chi connectivity index (χ2v) is 7.62. The van der Waals surface area contributed by atoms with Crippen LogP contribution >= 0.6 is 0 Å². The molecule has 3 fully saturated rings. The first-order valence-electron chi connectivity index (χ1n) is 10.3. The first-order valence-corrected chi connectivity index (χ1v) is 10.3. The molecule has 0 aliphatic carbocycles. The molecule has 2 N–H and O–H groups in total. The van der Waals surface area contributed by atoms with E-state index in [0.717, 1.165) is 45.6 Å². The topological polar surface area (TPSA) is 89.1 Å². The fourth-order valence-electron chi connectivity index (χ4n) is 4.55. The fourth-order valence-corrected chi connectivity index (χ4v) is 4.55. The van der Waals surface area contributed by atoms with Gasteiger partial charge in [0.1, 0.15) is 5.69 Å². The molecule has 0 saturated carbocycles. The van der Waals surface area contributed by atoms with Crippen LogP contribution in [0.15, 0.2) is 18.3 Å². The van der Waals surface area contributed by atoms with Crippen LogP contribution in [-0.2, 0) is 9.53 Å². The van der Waals surface area contributed by atoms with E-state index in [-0.39, 0.29) is 18.5 Å². The molecular formula is C20H32N4O4. The Kier molecular flexibility index (Phi) is 7.88. The molecule has 0 aromatic carbocycles. The number of rotatable bonds is 4. The van der Waals surface area contributed by atoms with Gasteiger partial charge in [0.2, 0.25) is 0 Å². The average Bonchev–Trinajstić information content (AvgIpc) is 3.38. The standard InChI is InChI=1S/C19H30N4O2.CH2O2/c24-19(16-4-3-7-20-16)23-10-5-17-18(6-11-23)25-15-14-22(17)13-12-21-8-1-2-9-21;2-1-3/h3-4,7,17-18,20H,1-2,5-6,8-15H2;1H,(H,2,3)/t17-,18-;/m0./s1. The highest BCUT2D eigenvalue weighted by atomic mass is 16.5. The number of H-pyrrole nitrogens is 1. The van der Waals surface area contributed by atoms with Gasteiger partial charge in [-0.1, -0.05) is 0 Å². The maximum Gasteiger partial charge on any atom is 0.290 e. The van der Waals surface area contributed by atoms with E-state index in [1.165, 1.54) is 32.5 Å². The van der Waals surface area contributed by atoms with E-state index in [4.69, 9.17) is 14.6 Å². The van der Waals surface area contributed by atoms with Gasteiger partial charge in [-0.15, -0.1) is 0 Å². The summed E-state index contributed by atoms with van der Waals surface area (Å²) in [6, 6.07) is 4.20. The van der Waals surface area contributed by atoms with Crippen LogP contribution in [-0.4, -0.2) is 102 Å². The van der Waals surface area contributed by atoms with Crippen molar-refractivity contribution in [3.8, 4) is 0 Å². The lowest BCUT2D eigenvalue weighted by Crippen LogP contribution is -2.53. The van der Waals surface area contributed by atoms with E-state index in [1.807, 2.05) is 23.2 Å². The van der Waals surface area contributed by atoms with Crippen LogP contribution in [0.3, 0.4) is 0 Å². The maximum atomic E-state index is 12.6. The van der Waals surface area contributed by atoms with Crippen molar-refractivity contribution in [2.24, 2.45) is 0 Å². The summed E-state index contributed by atoms with van der Waals surface area (Å²) in [5.74, 6) is 0.118. The quantitative estimate of drug-likeness (QED) is 0.747. The Labute approximate surface area is 166 Å². The molecule has 4 rings (SSSR count). The second-order valence-electron chi connectivity index (χ2n) is 7.62. The smallest absolute Gasteiger partial charge is 0.290 e. The summed E-state index contributed by atoms with van der Waals surface area (Å²) in [7, 11) is 0. The molecule has 1 aromatic rings. The molecular weight excluding hydrogens is 360 g/mol. The number of fused-ring (bicyclic) bond motifs is 1. The largest absolute Gasteiger partial charge is 0.483 e. The number of hydrogen-bond donors (Lipinski definition) is 2. The highest BCUT2D eigenvalue weighted by molar-refractivity contribution is 5.92. The minimum absolute atomic E-state index is 0.118. The number of ether oxygens (including phenoxy) is 1. The molecule has 1 amide bonds. The first kappa shape index (κ1) is 20.8. The number of aromatic nitrogens is 1. The maximum absolute atomic E-state index is 12.6. The van der Waals surface area contributed by atoms with Gasteiger partial charge in [0.25, 0.3) is 12.4 Å². The van der Waals surface area contributed by atoms with Crippen molar-refractivity contribution in [1.29, 1.82) is 0 Å². The molecule has 0 bridgehead atoms. The molecule has 4 heterocycles. The van der Waals surface area contributed by atoms with E-state index < -0.39 is 0 Å². The van der Waals surface area contributed by atoms with Crippen LogP contribution in [0, 0.1) is 0 Å². The van der Waals surface area contributed by atoms with Gasteiger partial charge in [-0.2, -0.15) is 0 Å². The number of hydrogen-bond acceptors (Lipinski definition) is 5. The van der Waals surface area contributed by atoms with Crippen molar-refractivity contribution >= 4 is 12.4 Å². The summed E-state index contributed by atoms with van der Waals surface area (Å²) in [6.45, 7) is 8.05. The van der Waals surface area contributed by atoms with Crippen LogP contribution in [0.2, 0.25) is 0 Å². The molecule has 0 radical (unpaired) electrons. The fraction of sp³-hybridized carbons (Fsp3) is 0.700. The SMILES string of the molecule is O=C(c1ccc[nH]1)N1CC[C@@H]2OCCN(CCN3CCCC3)[C@H]2CC1.O=CO. The molecule has 3 aliphatic heterocycles. The van der Waals surface area contributed by atoms with Gasteiger partial charge >= 0.3 is 0 Å². The zero-order valence-electron chi connectivity index (χ0n) is 16.5.